The third kappa shape index (κ3) is 5.32. The van der Waals surface area contributed by atoms with Gasteiger partial charge in [0, 0.05) is 16.7 Å². The van der Waals surface area contributed by atoms with E-state index in [1.165, 1.54) is 29.1 Å². The van der Waals surface area contributed by atoms with E-state index < -0.39 is 0 Å². The minimum Gasteiger partial charge on any atom is -0.495 e. The van der Waals surface area contributed by atoms with E-state index in [2.05, 4.69) is 48.4 Å². The second kappa shape index (κ2) is 9.20. The number of carbonyl (C=O) groups is 1. The Balaban J connectivity index is 1.68. The summed E-state index contributed by atoms with van der Waals surface area (Å²) in [7, 11) is 1.53. The summed E-state index contributed by atoms with van der Waals surface area (Å²) in [6.07, 6.45) is 0. The van der Waals surface area contributed by atoms with Gasteiger partial charge < -0.3 is 15.9 Å². The van der Waals surface area contributed by atoms with Gasteiger partial charge in [-0.25, -0.2) is 4.68 Å². The van der Waals surface area contributed by atoms with E-state index in [-0.39, 0.29) is 17.1 Å². The molecule has 0 aliphatic carbocycles. The lowest BCUT2D eigenvalue weighted by Crippen LogP contribution is -2.17. The number of methoxy groups -OCH3 is 1. The third-order valence-corrected chi connectivity index (χ3v) is 6.11. The Morgan fingerprint density at radius 2 is 1.90 bits per heavy atom. The van der Waals surface area contributed by atoms with Crippen LogP contribution in [0.25, 0.3) is 11.4 Å². The average Bonchev–Trinajstić information content (AvgIpc) is 3.08. The highest BCUT2D eigenvalue weighted by Gasteiger charge is 2.17. The van der Waals surface area contributed by atoms with Gasteiger partial charge in [-0.1, -0.05) is 68.4 Å². The Bertz CT molecular complexity index is 1090. The molecule has 164 valence electrons. The van der Waals surface area contributed by atoms with Crippen LogP contribution in [-0.2, 0) is 10.2 Å². The van der Waals surface area contributed by atoms with E-state index in [9.17, 15) is 4.79 Å². The van der Waals surface area contributed by atoms with Crippen molar-refractivity contribution in [2.24, 2.45) is 0 Å². The summed E-state index contributed by atoms with van der Waals surface area (Å²) < 4.78 is 6.69. The van der Waals surface area contributed by atoms with Crippen molar-refractivity contribution in [2.45, 2.75) is 38.3 Å². The van der Waals surface area contributed by atoms with Gasteiger partial charge in [-0.15, -0.1) is 10.2 Å². The molecule has 0 fully saturated rings. The highest BCUT2D eigenvalue weighted by atomic mass is 35.5. The topological polar surface area (TPSA) is 95.1 Å². The minimum atomic E-state index is -0.218. The average molecular weight is 460 g/mol. The van der Waals surface area contributed by atoms with Gasteiger partial charge in [-0.3, -0.25) is 4.79 Å². The van der Waals surface area contributed by atoms with Crippen molar-refractivity contribution >= 4 is 35.0 Å². The molecule has 1 amide bonds. The van der Waals surface area contributed by atoms with E-state index in [4.69, 9.17) is 22.2 Å². The lowest BCUT2D eigenvalue weighted by atomic mass is 9.87. The molecule has 0 aliphatic heterocycles. The molecule has 3 N–H and O–H groups in total. The highest BCUT2D eigenvalue weighted by molar-refractivity contribution is 7.99. The number of hydrogen-bond acceptors (Lipinski definition) is 6. The summed E-state index contributed by atoms with van der Waals surface area (Å²) in [4.78, 5) is 12.5. The Kier molecular flexibility index (Phi) is 6.81. The van der Waals surface area contributed by atoms with Crippen LogP contribution in [0.1, 0.15) is 31.9 Å². The van der Waals surface area contributed by atoms with Crippen molar-refractivity contribution < 1.29 is 9.53 Å². The van der Waals surface area contributed by atoms with Crippen LogP contribution in [0, 0.1) is 6.92 Å². The van der Waals surface area contributed by atoms with Gasteiger partial charge in [0.2, 0.25) is 11.1 Å². The maximum absolute atomic E-state index is 12.5. The molecule has 3 rings (SSSR count). The summed E-state index contributed by atoms with van der Waals surface area (Å²) in [6.45, 7) is 8.34. The molecule has 31 heavy (non-hydrogen) atoms. The van der Waals surface area contributed by atoms with Crippen LogP contribution in [0.4, 0.5) is 5.69 Å². The first-order chi connectivity index (χ1) is 14.6. The van der Waals surface area contributed by atoms with Crippen molar-refractivity contribution in [3.8, 4) is 17.1 Å². The summed E-state index contributed by atoms with van der Waals surface area (Å²) in [5.74, 6) is 7.12. The molecule has 2 aromatic carbocycles. The molecular weight excluding hydrogens is 434 g/mol. The number of nitrogens with one attached hydrogen (secondary N) is 1. The van der Waals surface area contributed by atoms with Crippen molar-refractivity contribution in [2.75, 3.05) is 24.0 Å². The predicted molar refractivity (Wildman–Crippen MR) is 126 cm³/mol. The van der Waals surface area contributed by atoms with E-state index in [1.54, 1.807) is 12.1 Å². The molecule has 0 saturated heterocycles. The van der Waals surface area contributed by atoms with E-state index in [0.717, 1.165) is 11.1 Å². The molecule has 3 aromatic rings. The number of halogens is 1. The van der Waals surface area contributed by atoms with Crippen LogP contribution in [0.3, 0.4) is 0 Å². The number of aromatic nitrogens is 3. The number of ether oxygens (including phenoxy) is 1. The number of benzene rings is 2. The quantitative estimate of drug-likeness (QED) is 0.411. The normalized spacial score (nSPS) is 11.4. The number of anilines is 1. The molecule has 0 atom stereocenters. The molecule has 0 bridgehead atoms. The van der Waals surface area contributed by atoms with Crippen molar-refractivity contribution in [3.05, 3.63) is 52.5 Å². The summed E-state index contributed by atoms with van der Waals surface area (Å²) in [5, 5.41) is 12.2. The van der Waals surface area contributed by atoms with Crippen molar-refractivity contribution in [3.63, 3.8) is 0 Å². The standard InChI is InChI=1S/C22H26ClN5O2S/c1-13-10-17(18(30-5)11-16(13)23)25-19(29)12-31-21-27-26-20(28(21)24)14-6-8-15(9-7-14)22(2,3)4/h6-11H,12,24H2,1-5H3,(H,25,29). The Labute approximate surface area is 191 Å². The number of hydrogen-bond donors (Lipinski definition) is 2. The Morgan fingerprint density at radius 1 is 1.23 bits per heavy atom. The number of thioether (sulfide) groups is 1. The summed E-state index contributed by atoms with van der Waals surface area (Å²) in [5.41, 5.74) is 3.55. The van der Waals surface area contributed by atoms with Gasteiger partial charge in [0.1, 0.15) is 5.75 Å². The van der Waals surface area contributed by atoms with Gasteiger partial charge in [-0.2, -0.15) is 0 Å². The molecule has 0 aliphatic rings. The fraction of sp³-hybridized carbons (Fsp3) is 0.318. The first kappa shape index (κ1) is 23.0. The second-order valence-electron chi connectivity index (χ2n) is 8.14. The number of nitrogen functional groups attached to an aromatic ring is 1. The molecule has 1 aromatic heterocycles. The number of rotatable bonds is 6. The smallest absolute Gasteiger partial charge is 0.234 e. The SMILES string of the molecule is COc1cc(Cl)c(C)cc1NC(=O)CSc1nnc(-c2ccc(C(C)(C)C)cc2)n1N. The fourth-order valence-corrected chi connectivity index (χ4v) is 3.75. The van der Waals surface area contributed by atoms with Crippen LogP contribution in [0.5, 0.6) is 5.75 Å². The molecule has 0 unspecified atom stereocenters. The van der Waals surface area contributed by atoms with Gasteiger partial charge >= 0.3 is 0 Å². The van der Waals surface area contributed by atoms with Crippen LogP contribution >= 0.6 is 23.4 Å². The molecule has 7 nitrogen and oxygen atoms in total. The Hall–Kier alpha value is -2.71. The lowest BCUT2D eigenvalue weighted by molar-refractivity contribution is -0.113. The lowest BCUT2D eigenvalue weighted by Gasteiger charge is -2.19. The van der Waals surface area contributed by atoms with Gasteiger partial charge in [0.25, 0.3) is 0 Å². The number of amides is 1. The Morgan fingerprint density at radius 3 is 2.52 bits per heavy atom. The molecule has 1 heterocycles. The minimum absolute atomic E-state index is 0.0641. The van der Waals surface area contributed by atoms with Gasteiger partial charge in [0.15, 0.2) is 5.82 Å². The molecule has 0 radical (unpaired) electrons. The van der Waals surface area contributed by atoms with E-state index in [0.29, 0.717) is 27.4 Å². The summed E-state index contributed by atoms with van der Waals surface area (Å²) in [6, 6.07) is 11.5. The van der Waals surface area contributed by atoms with Crippen LogP contribution in [-0.4, -0.2) is 33.6 Å². The van der Waals surface area contributed by atoms with Crippen molar-refractivity contribution in [1.29, 1.82) is 0 Å². The van der Waals surface area contributed by atoms with E-state index in [1.807, 2.05) is 19.1 Å². The number of nitrogens with two attached hydrogens (primary N) is 1. The van der Waals surface area contributed by atoms with Gasteiger partial charge in [-0.05, 0) is 29.5 Å². The van der Waals surface area contributed by atoms with Crippen LogP contribution < -0.4 is 15.9 Å². The third-order valence-electron chi connectivity index (χ3n) is 4.76. The molecule has 9 heteroatoms. The predicted octanol–water partition coefficient (Wildman–Crippen LogP) is 4.66. The summed E-state index contributed by atoms with van der Waals surface area (Å²) >= 11 is 7.32. The number of aryl methyl sites for hydroxylation is 1. The zero-order valence-electron chi connectivity index (χ0n) is 18.2. The van der Waals surface area contributed by atoms with Crippen LogP contribution in [0.2, 0.25) is 5.02 Å². The maximum Gasteiger partial charge on any atom is 0.234 e. The maximum atomic E-state index is 12.5. The molecule has 0 saturated carbocycles. The first-order valence-electron chi connectivity index (χ1n) is 9.68. The number of nitrogens with zero attached hydrogens (tertiary/aromatic N) is 3. The second-order valence-corrected chi connectivity index (χ2v) is 9.49. The fourth-order valence-electron chi connectivity index (χ4n) is 2.94. The zero-order valence-corrected chi connectivity index (χ0v) is 19.8. The number of carbonyl (C=O) groups excluding carboxylic acids is 1. The van der Waals surface area contributed by atoms with E-state index >= 15 is 0 Å². The zero-order chi connectivity index (χ0) is 22.8. The highest BCUT2D eigenvalue weighted by Crippen LogP contribution is 2.31. The van der Waals surface area contributed by atoms with Gasteiger partial charge in [0.05, 0.1) is 18.6 Å². The largest absolute Gasteiger partial charge is 0.495 e. The van der Waals surface area contributed by atoms with Crippen LogP contribution in [0.15, 0.2) is 41.6 Å². The molecular formula is C22H26ClN5O2S. The van der Waals surface area contributed by atoms with Crippen molar-refractivity contribution in [1.82, 2.24) is 14.9 Å². The first-order valence-corrected chi connectivity index (χ1v) is 11.0. The molecule has 0 spiro atoms. The monoisotopic (exact) mass is 459 g/mol.